The molecule has 138 valence electrons. The van der Waals surface area contributed by atoms with Crippen molar-refractivity contribution in [3.63, 3.8) is 0 Å². The largest absolute Gasteiger partial charge is 0.479 e. The van der Waals surface area contributed by atoms with Crippen molar-refractivity contribution in [1.82, 2.24) is 0 Å². The minimum absolute atomic E-state index is 0.346. The summed E-state index contributed by atoms with van der Waals surface area (Å²) in [6.45, 7) is 9.81. The van der Waals surface area contributed by atoms with Gasteiger partial charge in [0.25, 0.3) is 0 Å². The van der Waals surface area contributed by atoms with Crippen molar-refractivity contribution in [3.8, 4) is 0 Å². The molecule has 1 rings (SSSR count). The normalized spacial score (nSPS) is 8.92. The van der Waals surface area contributed by atoms with Crippen molar-refractivity contribution in [2.24, 2.45) is 0 Å². The molecule has 0 aliphatic rings. The van der Waals surface area contributed by atoms with Crippen molar-refractivity contribution >= 4 is 58.5 Å². The van der Waals surface area contributed by atoms with E-state index in [0.717, 1.165) is 25.7 Å². The zero-order chi connectivity index (χ0) is 18.8. The number of unbranched alkanes of at least 4 members (excludes halogenated alkanes) is 2. The van der Waals surface area contributed by atoms with Crippen LogP contribution in [-0.4, -0.2) is 22.0 Å². The molecular formula is C18H30O2S4. The highest BCUT2D eigenvalue weighted by atomic mass is 32.1. The maximum absolute atomic E-state index is 4.88. The van der Waals surface area contributed by atoms with E-state index in [0.29, 0.717) is 22.0 Å². The summed E-state index contributed by atoms with van der Waals surface area (Å²) in [5.74, 6) is 0. The number of hydrogen-bond donors (Lipinski definition) is 2. The molecule has 6 heteroatoms. The number of thiol groups is 2. The third-order valence-corrected chi connectivity index (χ3v) is 3.16. The second-order valence-electron chi connectivity index (χ2n) is 5.09. The van der Waals surface area contributed by atoms with Crippen LogP contribution in [0.25, 0.3) is 0 Å². The van der Waals surface area contributed by atoms with Crippen molar-refractivity contribution < 1.29 is 9.47 Å². The molecule has 0 aliphatic carbocycles. The third-order valence-electron chi connectivity index (χ3n) is 2.67. The molecule has 0 spiro atoms. The van der Waals surface area contributed by atoms with Gasteiger partial charge in [-0.25, -0.2) is 0 Å². The summed E-state index contributed by atoms with van der Waals surface area (Å²) >= 11 is 16.7. The molecule has 0 aromatic heterocycles. The molecule has 0 atom stereocenters. The molecule has 0 aliphatic heterocycles. The second kappa shape index (κ2) is 19.0. The highest BCUT2D eigenvalue weighted by Gasteiger charge is 1.86. The van der Waals surface area contributed by atoms with Crippen LogP contribution in [0.15, 0.2) is 24.3 Å². The maximum atomic E-state index is 4.88. The molecule has 0 bridgehead atoms. The highest BCUT2D eigenvalue weighted by Crippen LogP contribution is 1.99. The van der Waals surface area contributed by atoms with Crippen LogP contribution in [0.5, 0.6) is 0 Å². The van der Waals surface area contributed by atoms with Crippen LogP contribution >= 0.6 is 49.7 Å². The van der Waals surface area contributed by atoms with Gasteiger partial charge >= 0.3 is 0 Å². The Morgan fingerprint density at radius 1 is 0.792 bits per heavy atom. The smallest absolute Gasteiger partial charge is 0.216 e. The first-order chi connectivity index (χ1) is 11.3. The van der Waals surface area contributed by atoms with E-state index in [9.17, 15) is 0 Å². The van der Waals surface area contributed by atoms with Crippen molar-refractivity contribution in [3.05, 3.63) is 35.4 Å². The van der Waals surface area contributed by atoms with E-state index >= 15 is 0 Å². The van der Waals surface area contributed by atoms with Gasteiger partial charge in [0, 0.05) is 0 Å². The molecule has 0 saturated carbocycles. The van der Waals surface area contributed by atoms with Gasteiger partial charge < -0.3 is 9.47 Å². The Kier molecular flexibility index (Phi) is 20.6. The number of hydrogen-bond acceptors (Lipinski definition) is 4. The van der Waals surface area contributed by atoms with E-state index in [-0.39, 0.29) is 0 Å². The first-order valence-electron chi connectivity index (χ1n) is 8.08. The Morgan fingerprint density at radius 3 is 1.29 bits per heavy atom. The quantitative estimate of drug-likeness (QED) is 0.326. The standard InChI is InChI=1S/C8H10.2C5H10OS2/c1-7-3-5-8(2)6-4-7;2*1-2-3-4-6-5(7)8/h3-6H,1-2H3;2*2-4H2,1H3,(H,7,8). The SMILES string of the molecule is CCCCOC(=S)S.CCCCOC(=S)S.Cc1ccc(C)cc1. The summed E-state index contributed by atoms with van der Waals surface area (Å²) in [5, 5.41) is 0. The monoisotopic (exact) mass is 406 g/mol. The fraction of sp³-hybridized carbons (Fsp3) is 0.556. The summed E-state index contributed by atoms with van der Waals surface area (Å²) in [4.78, 5) is 0. The first kappa shape index (κ1) is 25.9. The lowest BCUT2D eigenvalue weighted by atomic mass is 10.2. The Bertz CT molecular complexity index is 392. The van der Waals surface area contributed by atoms with Crippen LogP contribution in [0, 0.1) is 13.8 Å². The average Bonchev–Trinajstić information content (AvgIpc) is 2.51. The molecule has 0 amide bonds. The summed E-state index contributed by atoms with van der Waals surface area (Å²) < 4.78 is 10.4. The second-order valence-corrected chi connectivity index (χ2v) is 7.25. The Hall–Kier alpha value is -0.300. The van der Waals surface area contributed by atoms with E-state index in [4.69, 9.17) is 9.47 Å². The Balaban J connectivity index is 0. The summed E-state index contributed by atoms with van der Waals surface area (Å²) in [6.07, 6.45) is 4.38. The van der Waals surface area contributed by atoms with Crippen molar-refractivity contribution in [2.75, 3.05) is 13.2 Å². The molecule has 0 fully saturated rings. The van der Waals surface area contributed by atoms with Gasteiger partial charge in [-0.1, -0.05) is 87.3 Å². The van der Waals surface area contributed by atoms with Crippen LogP contribution in [0.1, 0.15) is 50.7 Å². The van der Waals surface area contributed by atoms with Crippen LogP contribution < -0.4 is 0 Å². The van der Waals surface area contributed by atoms with Crippen molar-refractivity contribution in [1.29, 1.82) is 0 Å². The molecule has 24 heavy (non-hydrogen) atoms. The lowest BCUT2D eigenvalue weighted by Gasteiger charge is -1.98. The molecule has 1 aromatic carbocycles. The van der Waals surface area contributed by atoms with Gasteiger partial charge in [0.05, 0.1) is 13.2 Å². The molecule has 0 heterocycles. The van der Waals surface area contributed by atoms with E-state index < -0.39 is 0 Å². The summed E-state index contributed by atoms with van der Waals surface area (Å²) in [5.41, 5.74) is 2.66. The topological polar surface area (TPSA) is 18.5 Å². The van der Waals surface area contributed by atoms with Crippen LogP contribution in [-0.2, 0) is 9.47 Å². The number of ether oxygens (including phenoxy) is 2. The maximum Gasteiger partial charge on any atom is 0.216 e. The summed E-state index contributed by atoms with van der Waals surface area (Å²) in [6, 6.07) is 8.48. The number of aryl methyl sites for hydroxylation is 2. The number of benzene rings is 1. The van der Waals surface area contributed by atoms with E-state index in [1.54, 1.807) is 0 Å². The minimum Gasteiger partial charge on any atom is -0.479 e. The molecule has 0 unspecified atom stereocenters. The highest BCUT2D eigenvalue weighted by molar-refractivity contribution is 8.10. The Labute approximate surface area is 169 Å². The van der Waals surface area contributed by atoms with Gasteiger partial charge in [-0.15, -0.1) is 0 Å². The van der Waals surface area contributed by atoms with Crippen molar-refractivity contribution in [2.45, 2.75) is 53.4 Å². The Morgan fingerprint density at radius 2 is 1.08 bits per heavy atom. The lowest BCUT2D eigenvalue weighted by molar-refractivity contribution is 0.313. The molecule has 0 saturated heterocycles. The van der Waals surface area contributed by atoms with Crippen LogP contribution in [0.2, 0.25) is 0 Å². The zero-order valence-electron chi connectivity index (χ0n) is 15.1. The number of thiocarbonyl (C=S) groups is 2. The van der Waals surface area contributed by atoms with Gasteiger partial charge in [0.2, 0.25) is 8.77 Å². The zero-order valence-corrected chi connectivity index (χ0v) is 18.5. The molecule has 0 radical (unpaired) electrons. The summed E-state index contributed by atoms with van der Waals surface area (Å²) in [7, 11) is 0. The van der Waals surface area contributed by atoms with E-state index in [1.807, 2.05) is 0 Å². The average molecular weight is 407 g/mol. The fourth-order valence-corrected chi connectivity index (χ4v) is 1.59. The van der Waals surface area contributed by atoms with E-state index in [2.05, 4.69) is 102 Å². The number of rotatable bonds is 6. The van der Waals surface area contributed by atoms with Gasteiger partial charge in [-0.2, -0.15) is 0 Å². The van der Waals surface area contributed by atoms with Crippen LogP contribution in [0.4, 0.5) is 0 Å². The third kappa shape index (κ3) is 24.0. The predicted octanol–water partition coefficient (Wildman–Crippen LogP) is 6.34. The van der Waals surface area contributed by atoms with E-state index in [1.165, 1.54) is 11.1 Å². The van der Waals surface area contributed by atoms with Gasteiger partial charge in [0.1, 0.15) is 0 Å². The predicted molar refractivity (Wildman–Crippen MR) is 121 cm³/mol. The van der Waals surface area contributed by atoms with Gasteiger partial charge in [0.15, 0.2) is 0 Å². The minimum atomic E-state index is 0.346. The molecule has 0 N–H and O–H groups in total. The lowest BCUT2D eigenvalue weighted by Crippen LogP contribution is -1.94. The van der Waals surface area contributed by atoms with Gasteiger partial charge in [-0.3, -0.25) is 0 Å². The molecule has 1 aromatic rings. The first-order valence-corrected chi connectivity index (χ1v) is 9.79. The molecular weight excluding hydrogens is 376 g/mol. The fourth-order valence-electron chi connectivity index (χ4n) is 1.24. The van der Waals surface area contributed by atoms with Gasteiger partial charge in [-0.05, 0) is 51.1 Å². The molecule has 2 nitrogen and oxygen atoms in total. The van der Waals surface area contributed by atoms with Crippen LogP contribution in [0.3, 0.4) is 0 Å².